The Labute approximate surface area is 124 Å². The average Bonchev–Trinajstić information content (AvgIpc) is 2.96. The zero-order valence-corrected chi connectivity index (χ0v) is 12.5. The van der Waals surface area contributed by atoms with Crippen molar-refractivity contribution in [1.29, 1.82) is 0 Å². The number of hydrogen-bond donors (Lipinski definition) is 1. The molecule has 0 aromatic carbocycles. The van der Waals surface area contributed by atoms with Crippen LogP contribution in [-0.4, -0.2) is 27.8 Å². The molecule has 2 rings (SSSR count). The van der Waals surface area contributed by atoms with Gasteiger partial charge < -0.3 is 10.1 Å². The quantitative estimate of drug-likeness (QED) is 0.823. The fraction of sp³-hybridized carbons (Fsp3) is 0.400. The molecule has 0 amide bonds. The van der Waals surface area contributed by atoms with Crippen LogP contribution in [0.5, 0.6) is 0 Å². The van der Waals surface area contributed by atoms with Gasteiger partial charge in [-0.2, -0.15) is 5.10 Å². The number of ether oxygens (including phenoxy) is 1. The predicted octanol–water partition coefficient (Wildman–Crippen LogP) is 1.94. The zero-order chi connectivity index (χ0) is 15.2. The number of hydrogen-bond acceptors (Lipinski definition) is 5. The number of carbonyl (C=O) groups excluding carboxylic acids is 1. The van der Waals surface area contributed by atoms with Crippen LogP contribution in [0.4, 0.5) is 0 Å². The molecule has 0 bridgehead atoms. The molecule has 0 aliphatic carbocycles. The summed E-state index contributed by atoms with van der Waals surface area (Å²) in [5.41, 5.74) is 2.47. The highest BCUT2D eigenvalue weighted by Crippen LogP contribution is 2.08. The van der Waals surface area contributed by atoms with Gasteiger partial charge in [-0.3, -0.25) is 4.68 Å². The molecule has 1 N–H and O–H groups in total. The van der Waals surface area contributed by atoms with Crippen LogP contribution in [0, 0.1) is 0 Å². The summed E-state index contributed by atoms with van der Waals surface area (Å²) in [5, 5.41) is 7.64. The minimum absolute atomic E-state index is 0.319. The molecule has 0 unspecified atom stereocenters. The standard InChI is InChI=1S/C15H20N4O2/c1-11(2)19-13(6-7-18-19)10-16-8-12-4-5-14(17-9-12)15(20)21-3/h4-7,9,11,16H,8,10H2,1-3H3. The largest absolute Gasteiger partial charge is 0.464 e. The maximum absolute atomic E-state index is 11.3. The zero-order valence-electron chi connectivity index (χ0n) is 12.5. The van der Waals surface area contributed by atoms with Crippen molar-refractivity contribution in [3.63, 3.8) is 0 Å². The van der Waals surface area contributed by atoms with Gasteiger partial charge in [0, 0.05) is 31.5 Å². The predicted molar refractivity (Wildman–Crippen MR) is 78.7 cm³/mol. The van der Waals surface area contributed by atoms with Crippen LogP contribution >= 0.6 is 0 Å². The van der Waals surface area contributed by atoms with Gasteiger partial charge in [0.05, 0.1) is 12.8 Å². The lowest BCUT2D eigenvalue weighted by Crippen LogP contribution is -2.17. The molecule has 0 fully saturated rings. The Morgan fingerprint density at radius 2 is 2.14 bits per heavy atom. The van der Waals surface area contributed by atoms with Crippen molar-refractivity contribution in [2.24, 2.45) is 0 Å². The normalized spacial score (nSPS) is 10.9. The van der Waals surface area contributed by atoms with Gasteiger partial charge in [-0.05, 0) is 31.5 Å². The highest BCUT2D eigenvalue weighted by atomic mass is 16.5. The number of nitrogens with zero attached hydrogens (tertiary/aromatic N) is 3. The summed E-state index contributed by atoms with van der Waals surface area (Å²) in [6.07, 6.45) is 3.49. The van der Waals surface area contributed by atoms with Gasteiger partial charge in [-0.1, -0.05) is 6.07 Å². The van der Waals surface area contributed by atoms with Crippen molar-refractivity contribution < 1.29 is 9.53 Å². The third-order valence-electron chi connectivity index (χ3n) is 3.10. The fourth-order valence-electron chi connectivity index (χ4n) is 2.04. The molecule has 2 heterocycles. The topological polar surface area (TPSA) is 69.0 Å². The van der Waals surface area contributed by atoms with Crippen LogP contribution in [0.1, 0.15) is 41.6 Å². The van der Waals surface area contributed by atoms with E-state index in [0.29, 0.717) is 18.3 Å². The number of carbonyl (C=O) groups is 1. The number of nitrogens with one attached hydrogen (secondary N) is 1. The van der Waals surface area contributed by atoms with Crippen LogP contribution in [-0.2, 0) is 17.8 Å². The monoisotopic (exact) mass is 288 g/mol. The SMILES string of the molecule is COC(=O)c1ccc(CNCc2ccnn2C(C)C)cn1. The number of rotatable bonds is 6. The smallest absolute Gasteiger partial charge is 0.356 e. The first-order valence-corrected chi connectivity index (χ1v) is 6.88. The van der Waals surface area contributed by atoms with Crippen molar-refractivity contribution in [2.75, 3.05) is 7.11 Å². The third kappa shape index (κ3) is 3.88. The minimum atomic E-state index is -0.421. The summed E-state index contributed by atoms with van der Waals surface area (Å²) < 4.78 is 6.61. The van der Waals surface area contributed by atoms with Crippen molar-refractivity contribution in [3.8, 4) is 0 Å². The summed E-state index contributed by atoms with van der Waals surface area (Å²) in [6.45, 7) is 5.62. The van der Waals surface area contributed by atoms with Gasteiger partial charge in [-0.25, -0.2) is 9.78 Å². The highest BCUT2D eigenvalue weighted by molar-refractivity contribution is 5.86. The maximum atomic E-state index is 11.3. The molecule has 0 spiro atoms. The maximum Gasteiger partial charge on any atom is 0.356 e. The second-order valence-electron chi connectivity index (χ2n) is 5.01. The Morgan fingerprint density at radius 3 is 2.76 bits per heavy atom. The van der Waals surface area contributed by atoms with Gasteiger partial charge in [0.2, 0.25) is 0 Å². The molecule has 0 atom stereocenters. The Kier molecular flexibility index (Phi) is 5.05. The summed E-state index contributed by atoms with van der Waals surface area (Å²) in [6, 6.07) is 5.89. The van der Waals surface area contributed by atoms with Crippen molar-refractivity contribution in [3.05, 3.63) is 47.5 Å². The first-order valence-electron chi connectivity index (χ1n) is 6.88. The molecule has 0 aliphatic heterocycles. The minimum Gasteiger partial charge on any atom is -0.464 e. The van der Waals surface area contributed by atoms with E-state index in [4.69, 9.17) is 0 Å². The summed E-state index contributed by atoms with van der Waals surface area (Å²) in [5.74, 6) is -0.421. The van der Waals surface area contributed by atoms with Crippen LogP contribution in [0.15, 0.2) is 30.6 Å². The van der Waals surface area contributed by atoms with E-state index in [1.807, 2.05) is 23.0 Å². The number of pyridine rings is 1. The number of methoxy groups -OCH3 is 1. The molecule has 21 heavy (non-hydrogen) atoms. The second-order valence-corrected chi connectivity index (χ2v) is 5.01. The van der Waals surface area contributed by atoms with Gasteiger partial charge in [0.15, 0.2) is 0 Å². The lowest BCUT2D eigenvalue weighted by molar-refractivity contribution is 0.0594. The van der Waals surface area contributed by atoms with Crippen LogP contribution in [0.25, 0.3) is 0 Å². The Bertz CT molecular complexity index is 590. The van der Waals surface area contributed by atoms with Gasteiger partial charge in [-0.15, -0.1) is 0 Å². The van der Waals surface area contributed by atoms with E-state index in [2.05, 4.69) is 34.0 Å². The molecule has 0 saturated carbocycles. The molecule has 2 aromatic heterocycles. The first kappa shape index (κ1) is 15.2. The molecule has 6 heteroatoms. The van der Waals surface area contributed by atoms with E-state index in [-0.39, 0.29) is 0 Å². The third-order valence-corrected chi connectivity index (χ3v) is 3.10. The van der Waals surface area contributed by atoms with E-state index < -0.39 is 5.97 Å². The van der Waals surface area contributed by atoms with E-state index in [1.165, 1.54) is 7.11 Å². The molecule has 112 valence electrons. The Hall–Kier alpha value is -2.21. The summed E-state index contributed by atoms with van der Waals surface area (Å²) in [7, 11) is 1.34. The average molecular weight is 288 g/mol. The molecule has 0 radical (unpaired) electrons. The lowest BCUT2D eigenvalue weighted by Gasteiger charge is -2.11. The summed E-state index contributed by atoms with van der Waals surface area (Å²) >= 11 is 0. The molecule has 2 aromatic rings. The second kappa shape index (κ2) is 6.99. The van der Waals surface area contributed by atoms with Crippen LogP contribution in [0.3, 0.4) is 0 Å². The van der Waals surface area contributed by atoms with Crippen LogP contribution in [0.2, 0.25) is 0 Å². The summed E-state index contributed by atoms with van der Waals surface area (Å²) in [4.78, 5) is 15.4. The molecular weight excluding hydrogens is 268 g/mol. The number of esters is 1. The van der Waals surface area contributed by atoms with Gasteiger partial charge >= 0.3 is 5.97 Å². The van der Waals surface area contributed by atoms with Crippen molar-refractivity contribution >= 4 is 5.97 Å². The highest BCUT2D eigenvalue weighted by Gasteiger charge is 2.07. The molecular formula is C15H20N4O2. The van der Waals surface area contributed by atoms with E-state index in [0.717, 1.165) is 17.8 Å². The van der Waals surface area contributed by atoms with E-state index in [1.54, 1.807) is 12.3 Å². The lowest BCUT2D eigenvalue weighted by atomic mass is 10.2. The van der Waals surface area contributed by atoms with Gasteiger partial charge in [0.25, 0.3) is 0 Å². The number of aromatic nitrogens is 3. The van der Waals surface area contributed by atoms with E-state index in [9.17, 15) is 4.79 Å². The Balaban J connectivity index is 1.89. The Morgan fingerprint density at radius 1 is 1.33 bits per heavy atom. The molecule has 0 aliphatic rings. The fourth-order valence-corrected chi connectivity index (χ4v) is 2.04. The first-order chi connectivity index (χ1) is 10.1. The van der Waals surface area contributed by atoms with Gasteiger partial charge in [0.1, 0.15) is 5.69 Å². The van der Waals surface area contributed by atoms with E-state index >= 15 is 0 Å². The molecule has 6 nitrogen and oxygen atoms in total. The molecule has 0 saturated heterocycles. The van der Waals surface area contributed by atoms with Crippen LogP contribution < -0.4 is 5.32 Å². The van der Waals surface area contributed by atoms with Crippen molar-refractivity contribution in [1.82, 2.24) is 20.1 Å². The van der Waals surface area contributed by atoms with Crippen molar-refractivity contribution in [2.45, 2.75) is 33.0 Å².